The van der Waals surface area contributed by atoms with E-state index in [2.05, 4.69) is 35.0 Å². The van der Waals surface area contributed by atoms with Crippen molar-refractivity contribution in [3.05, 3.63) is 68.9 Å². The molecule has 214 valence electrons. The summed E-state index contributed by atoms with van der Waals surface area (Å²) in [5, 5.41) is 12.5. The van der Waals surface area contributed by atoms with Gasteiger partial charge in [-0.15, -0.1) is 11.3 Å². The molecule has 0 N–H and O–H groups in total. The Hall–Kier alpha value is -3.78. The van der Waals surface area contributed by atoms with E-state index >= 15 is 0 Å². The molecular weight excluding hydrogens is 542 g/mol. The van der Waals surface area contributed by atoms with Crippen LogP contribution in [0.15, 0.2) is 41.8 Å². The predicted molar refractivity (Wildman–Crippen MR) is 153 cm³/mol. The SMILES string of the molecule is COc1cc2c(cc1OC)[C@@H]1[C@@H]3Cc4cc(OC)c(OC)cc4[C@H](COC(=O)c4cccs4)N3[C@@H](C#N)[C@H](C2)N1C. The first-order valence-corrected chi connectivity index (χ1v) is 14.4. The Morgan fingerprint density at radius 1 is 0.927 bits per heavy atom. The van der Waals surface area contributed by atoms with Crippen LogP contribution in [0.1, 0.15) is 44.0 Å². The first-order valence-electron chi connectivity index (χ1n) is 13.5. The van der Waals surface area contributed by atoms with Crippen molar-refractivity contribution in [1.29, 1.82) is 5.26 Å². The van der Waals surface area contributed by atoms with Crippen molar-refractivity contribution in [2.75, 3.05) is 42.1 Å². The number of carbonyl (C=O) groups excluding carboxylic acids is 1. The second kappa shape index (κ2) is 10.9. The first kappa shape index (κ1) is 27.4. The molecule has 3 aromatic rings. The van der Waals surface area contributed by atoms with Crippen LogP contribution in [-0.2, 0) is 17.6 Å². The molecule has 3 aliphatic heterocycles. The molecule has 2 bridgehead atoms. The molecule has 1 fully saturated rings. The monoisotopic (exact) mass is 575 g/mol. The van der Waals surface area contributed by atoms with Gasteiger partial charge in [0.25, 0.3) is 0 Å². The number of ether oxygens (including phenoxy) is 5. The molecular formula is C31H33N3O6S. The van der Waals surface area contributed by atoms with Crippen molar-refractivity contribution in [1.82, 2.24) is 9.80 Å². The molecule has 5 atom stereocenters. The van der Waals surface area contributed by atoms with Crippen LogP contribution in [0.2, 0.25) is 0 Å². The van der Waals surface area contributed by atoms with Crippen LogP contribution < -0.4 is 18.9 Å². The Morgan fingerprint density at radius 2 is 1.51 bits per heavy atom. The number of methoxy groups -OCH3 is 4. The molecule has 0 unspecified atom stereocenters. The average Bonchev–Trinajstić information content (AvgIpc) is 3.54. The van der Waals surface area contributed by atoms with E-state index in [1.807, 2.05) is 23.6 Å². The van der Waals surface area contributed by atoms with Crippen LogP contribution in [0.25, 0.3) is 0 Å². The number of nitrogens with zero attached hydrogens (tertiary/aromatic N) is 3. The molecule has 0 aliphatic carbocycles. The van der Waals surface area contributed by atoms with E-state index in [1.54, 1.807) is 34.5 Å². The molecule has 6 rings (SSSR count). The highest BCUT2D eigenvalue weighted by molar-refractivity contribution is 7.11. The van der Waals surface area contributed by atoms with Gasteiger partial charge in [0.05, 0.1) is 46.6 Å². The Morgan fingerprint density at radius 3 is 2.10 bits per heavy atom. The summed E-state index contributed by atoms with van der Waals surface area (Å²) >= 11 is 1.35. The minimum Gasteiger partial charge on any atom is -0.493 e. The lowest BCUT2D eigenvalue weighted by Crippen LogP contribution is -2.68. The zero-order chi connectivity index (χ0) is 28.8. The lowest BCUT2D eigenvalue weighted by molar-refractivity contribution is -0.0832. The number of benzene rings is 2. The van der Waals surface area contributed by atoms with Crippen LogP contribution in [-0.4, -0.2) is 76.0 Å². The van der Waals surface area contributed by atoms with E-state index in [9.17, 15) is 10.1 Å². The maximum Gasteiger partial charge on any atom is 0.348 e. The summed E-state index contributed by atoms with van der Waals surface area (Å²) in [5.41, 5.74) is 4.38. The highest BCUT2D eigenvalue weighted by atomic mass is 32.1. The van der Waals surface area contributed by atoms with Crippen LogP contribution in [0, 0.1) is 11.3 Å². The van der Waals surface area contributed by atoms with Gasteiger partial charge in [0.1, 0.15) is 17.5 Å². The van der Waals surface area contributed by atoms with E-state index in [-0.39, 0.29) is 36.7 Å². The molecule has 0 radical (unpaired) electrons. The van der Waals surface area contributed by atoms with Crippen LogP contribution in [0.5, 0.6) is 23.0 Å². The number of hydrogen-bond acceptors (Lipinski definition) is 10. The summed E-state index contributed by atoms with van der Waals surface area (Å²) in [6.07, 6.45) is 1.36. The largest absolute Gasteiger partial charge is 0.493 e. The van der Waals surface area contributed by atoms with E-state index < -0.39 is 6.04 Å². The minimum absolute atomic E-state index is 0.0232. The van der Waals surface area contributed by atoms with Crippen LogP contribution in [0.3, 0.4) is 0 Å². The van der Waals surface area contributed by atoms with Gasteiger partial charge in [0.2, 0.25) is 0 Å². The van der Waals surface area contributed by atoms with Crippen molar-refractivity contribution < 1.29 is 28.5 Å². The number of hydrogen-bond donors (Lipinski definition) is 0. The molecule has 1 saturated heterocycles. The zero-order valence-corrected chi connectivity index (χ0v) is 24.6. The fourth-order valence-corrected chi connectivity index (χ4v) is 7.58. The first-order chi connectivity index (χ1) is 19.9. The van der Waals surface area contributed by atoms with Gasteiger partial charge < -0.3 is 23.7 Å². The summed E-state index contributed by atoms with van der Waals surface area (Å²) in [4.78, 5) is 18.1. The molecule has 2 aromatic carbocycles. The van der Waals surface area contributed by atoms with Crippen molar-refractivity contribution >= 4 is 17.3 Å². The Bertz CT molecular complexity index is 1500. The smallest absolute Gasteiger partial charge is 0.348 e. The highest BCUT2D eigenvalue weighted by Crippen LogP contribution is 2.52. The average molecular weight is 576 g/mol. The van der Waals surface area contributed by atoms with E-state index in [0.717, 1.165) is 22.3 Å². The van der Waals surface area contributed by atoms with Gasteiger partial charge >= 0.3 is 5.97 Å². The minimum atomic E-state index is -0.436. The van der Waals surface area contributed by atoms with Crippen LogP contribution in [0.4, 0.5) is 0 Å². The maximum atomic E-state index is 13.0. The Balaban J connectivity index is 1.49. The Kier molecular flexibility index (Phi) is 7.28. The number of piperazine rings is 1. The fraction of sp³-hybridized carbons (Fsp3) is 0.419. The van der Waals surface area contributed by atoms with Gasteiger partial charge in [-0.25, -0.2) is 4.79 Å². The van der Waals surface area contributed by atoms with E-state index in [0.29, 0.717) is 40.7 Å². The number of carbonyl (C=O) groups is 1. The lowest BCUT2D eigenvalue weighted by Gasteiger charge is -2.59. The van der Waals surface area contributed by atoms with E-state index in [1.165, 1.54) is 11.3 Å². The van der Waals surface area contributed by atoms with Gasteiger partial charge in [-0.2, -0.15) is 5.26 Å². The van der Waals surface area contributed by atoms with Gasteiger partial charge in [-0.1, -0.05) is 6.07 Å². The second-order valence-corrected chi connectivity index (χ2v) is 11.5. The topological polar surface area (TPSA) is 93.5 Å². The fourth-order valence-electron chi connectivity index (χ4n) is 6.97. The Labute approximate surface area is 243 Å². The normalized spacial score (nSPS) is 24.7. The zero-order valence-electron chi connectivity index (χ0n) is 23.7. The molecule has 10 heteroatoms. The van der Waals surface area contributed by atoms with Crippen molar-refractivity contribution in [2.45, 2.75) is 43.1 Å². The van der Waals surface area contributed by atoms with Crippen molar-refractivity contribution in [3.63, 3.8) is 0 Å². The lowest BCUT2D eigenvalue weighted by atomic mass is 9.72. The van der Waals surface area contributed by atoms with Gasteiger partial charge in [0, 0.05) is 12.1 Å². The van der Waals surface area contributed by atoms with Gasteiger partial charge in [-0.3, -0.25) is 9.80 Å². The number of rotatable bonds is 7. The molecule has 9 nitrogen and oxygen atoms in total. The molecule has 41 heavy (non-hydrogen) atoms. The third-order valence-corrected chi connectivity index (χ3v) is 9.66. The highest BCUT2D eigenvalue weighted by Gasteiger charge is 2.54. The molecule has 0 spiro atoms. The van der Waals surface area contributed by atoms with Crippen LogP contribution >= 0.6 is 11.3 Å². The molecule has 1 aromatic heterocycles. The molecule has 3 aliphatic rings. The standard InChI is InChI=1S/C31H33N3O6S/c1-33-21-9-18-12-26(37-3)28(39-5)14-20(18)30(33)22-10-17-11-25(36-2)27(38-4)13-19(17)24(34(22)23(21)15-32)16-40-31(35)29-7-6-8-41-29/h6-8,11-14,21-24,30H,9-10,16H2,1-5H3/t21-,22-,23-,24-,30+/m0/s1. The maximum absolute atomic E-state index is 13.0. The summed E-state index contributed by atoms with van der Waals surface area (Å²) in [6.45, 7) is 0.107. The third kappa shape index (κ3) is 4.40. The number of esters is 1. The van der Waals surface area contributed by atoms with Gasteiger partial charge in [0.15, 0.2) is 23.0 Å². The third-order valence-electron chi connectivity index (χ3n) is 8.81. The number of likely N-dealkylation sites (N-methyl/N-ethyl adjacent to an activating group) is 1. The summed E-state index contributed by atoms with van der Waals surface area (Å²) in [6, 6.07) is 13.4. The number of nitriles is 1. The number of fused-ring (bicyclic) bond motifs is 7. The number of thiophene rings is 1. The quantitative estimate of drug-likeness (QED) is 0.380. The van der Waals surface area contributed by atoms with Crippen molar-refractivity contribution in [2.24, 2.45) is 0 Å². The van der Waals surface area contributed by atoms with Crippen molar-refractivity contribution in [3.8, 4) is 29.1 Å². The van der Waals surface area contributed by atoms with E-state index in [4.69, 9.17) is 23.7 Å². The predicted octanol–water partition coefficient (Wildman–Crippen LogP) is 4.41. The summed E-state index contributed by atoms with van der Waals surface area (Å²) in [5.74, 6) is 2.24. The summed E-state index contributed by atoms with van der Waals surface area (Å²) in [7, 11) is 8.63. The molecule has 4 heterocycles. The summed E-state index contributed by atoms with van der Waals surface area (Å²) < 4.78 is 28.6. The second-order valence-electron chi connectivity index (χ2n) is 10.6. The molecule has 0 amide bonds. The molecule has 0 saturated carbocycles. The van der Waals surface area contributed by atoms with Gasteiger partial charge in [-0.05, 0) is 77.9 Å².